The minimum Gasteiger partial charge on any atom is -0.444 e. The van der Waals surface area contributed by atoms with Gasteiger partial charge in [-0.05, 0) is 70.6 Å². The van der Waals surface area contributed by atoms with E-state index >= 15 is 4.39 Å². The Bertz CT molecular complexity index is 911. The van der Waals surface area contributed by atoms with Crippen molar-refractivity contribution < 1.29 is 23.5 Å². The van der Waals surface area contributed by atoms with Gasteiger partial charge >= 0.3 is 6.09 Å². The molecule has 0 spiro atoms. The summed E-state index contributed by atoms with van der Waals surface area (Å²) in [6.45, 7) is 6.61. The summed E-state index contributed by atoms with van der Waals surface area (Å²) in [6, 6.07) is 2.52. The predicted octanol–water partition coefficient (Wildman–Crippen LogP) is 3.46. The van der Waals surface area contributed by atoms with Crippen LogP contribution < -0.4 is 10.2 Å². The molecule has 1 aromatic carbocycles. The van der Waals surface area contributed by atoms with Crippen LogP contribution in [-0.4, -0.2) is 47.5 Å². The summed E-state index contributed by atoms with van der Waals surface area (Å²) in [5.41, 5.74) is 1.57. The van der Waals surface area contributed by atoms with Gasteiger partial charge in [-0.3, -0.25) is 14.9 Å². The molecule has 1 aromatic rings. The first kappa shape index (κ1) is 21.6. The zero-order valence-electron chi connectivity index (χ0n) is 18.4. The molecule has 2 fully saturated rings. The average molecular weight is 432 g/mol. The highest BCUT2D eigenvalue weighted by molar-refractivity contribution is 6.01. The molecule has 31 heavy (non-hydrogen) atoms. The van der Waals surface area contributed by atoms with E-state index < -0.39 is 17.7 Å². The first-order chi connectivity index (χ1) is 14.6. The lowest BCUT2D eigenvalue weighted by atomic mass is 9.93. The van der Waals surface area contributed by atoms with Gasteiger partial charge in [0.2, 0.25) is 11.8 Å². The van der Waals surface area contributed by atoms with Crippen molar-refractivity contribution in [1.29, 1.82) is 0 Å². The number of piperidine rings is 2. The lowest BCUT2D eigenvalue weighted by Gasteiger charge is -2.37. The number of likely N-dealkylation sites (tertiary alicyclic amines) is 1. The van der Waals surface area contributed by atoms with E-state index in [0.717, 1.165) is 18.4 Å². The number of fused-ring (bicyclic) bond motifs is 1. The lowest BCUT2D eigenvalue weighted by Crippen LogP contribution is -2.52. The number of hydrogen-bond donors (Lipinski definition) is 1. The molecule has 2 unspecified atom stereocenters. The number of amides is 3. The van der Waals surface area contributed by atoms with Crippen LogP contribution in [0.15, 0.2) is 12.1 Å². The lowest BCUT2D eigenvalue weighted by molar-refractivity contribution is -0.134. The molecule has 8 heteroatoms. The molecule has 3 amide bonds. The molecular weight excluding hydrogens is 401 g/mol. The SMILES string of the molecule is CC(C)(C)OC(=O)N1CCCCC1c1cc2c(cc1F)N(C1CCC(=O)NC1=O)CC2. The molecule has 0 saturated carbocycles. The van der Waals surface area contributed by atoms with Gasteiger partial charge in [0, 0.05) is 30.8 Å². The number of halogens is 1. The second-order valence-electron chi connectivity index (χ2n) is 9.60. The molecule has 3 aliphatic rings. The Morgan fingerprint density at radius 3 is 2.58 bits per heavy atom. The Kier molecular flexibility index (Phi) is 5.66. The van der Waals surface area contributed by atoms with Crippen molar-refractivity contribution in [2.24, 2.45) is 0 Å². The number of carbonyl (C=O) groups is 3. The summed E-state index contributed by atoms with van der Waals surface area (Å²) in [5, 5.41) is 2.38. The summed E-state index contributed by atoms with van der Waals surface area (Å²) in [6.07, 6.45) is 3.47. The van der Waals surface area contributed by atoms with Crippen LogP contribution in [0.4, 0.5) is 14.9 Å². The van der Waals surface area contributed by atoms with Gasteiger partial charge in [-0.1, -0.05) is 0 Å². The van der Waals surface area contributed by atoms with Crippen molar-refractivity contribution in [2.75, 3.05) is 18.0 Å². The highest BCUT2D eigenvalue weighted by Crippen LogP contribution is 2.39. The van der Waals surface area contributed by atoms with E-state index in [1.807, 2.05) is 31.7 Å². The standard InChI is InChI=1S/C23H30FN3O4/c1-23(2,3)31-22(30)27-10-5-4-6-17(27)15-12-14-9-11-26(19(14)13-16(15)24)18-7-8-20(28)25-21(18)29/h12-13,17-18H,4-11H2,1-3H3,(H,25,28,29). The van der Waals surface area contributed by atoms with E-state index in [2.05, 4.69) is 5.32 Å². The van der Waals surface area contributed by atoms with Crippen LogP contribution in [0.1, 0.15) is 70.0 Å². The molecule has 0 bridgehead atoms. The number of ether oxygens (including phenoxy) is 1. The highest BCUT2D eigenvalue weighted by atomic mass is 19.1. The zero-order chi connectivity index (χ0) is 22.3. The van der Waals surface area contributed by atoms with Crippen LogP contribution in [-0.2, 0) is 20.7 Å². The molecule has 2 atom stereocenters. The molecule has 0 aromatic heterocycles. The van der Waals surface area contributed by atoms with E-state index in [0.29, 0.717) is 43.6 Å². The fourth-order valence-electron chi connectivity index (χ4n) is 4.81. The molecule has 3 aliphatic heterocycles. The summed E-state index contributed by atoms with van der Waals surface area (Å²) in [7, 11) is 0. The monoisotopic (exact) mass is 431 g/mol. The van der Waals surface area contributed by atoms with Crippen molar-refractivity contribution in [1.82, 2.24) is 10.2 Å². The van der Waals surface area contributed by atoms with Crippen molar-refractivity contribution in [3.05, 3.63) is 29.1 Å². The van der Waals surface area contributed by atoms with Crippen LogP contribution in [0.2, 0.25) is 0 Å². The molecule has 0 radical (unpaired) electrons. The maximum atomic E-state index is 15.3. The molecule has 168 valence electrons. The predicted molar refractivity (Wildman–Crippen MR) is 113 cm³/mol. The molecular formula is C23H30FN3O4. The molecule has 3 heterocycles. The first-order valence-electron chi connectivity index (χ1n) is 11.1. The highest BCUT2D eigenvalue weighted by Gasteiger charge is 2.37. The number of imide groups is 1. The smallest absolute Gasteiger partial charge is 0.410 e. The third kappa shape index (κ3) is 4.38. The number of rotatable bonds is 2. The van der Waals surface area contributed by atoms with Gasteiger partial charge in [0.05, 0.1) is 6.04 Å². The van der Waals surface area contributed by atoms with Gasteiger partial charge in [-0.25, -0.2) is 9.18 Å². The second-order valence-corrected chi connectivity index (χ2v) is 9.60. The minimum atomic E-state index is -0.613. The Hall–Kier alpha value is -2.64. The zero-order valence-corrected chi connectivity index (χ0v) is 18.4. The van der Waals surface area contributed by atoms with Gasteiger partial charge in [0.15, 0.2) is 0 Å². The van der Waals surface area contributed by atoms with E-state index in [-0.39, 0.29) is 30.1 Å². The quantitative estimate of drug-likeness (QED) is 0.726. The fourth-order valence-corrected chi connectivity index (χ4v) is 4.81. The normalized spacial score (nSPS) is 24.1. The number of nitrogens with one attached hydrogen (secondary N) is 1. The third-order valence-corrected chi connectivity index (χ3v) is 6.21. The van der Waals surface area contributed by atoms with Crippen LogP contribution in [0.25, 0.3) is 0 Å². The Morgan fingerprint density at radius 1 is 1.10 bits per heavy atom. The van der Waals surface area contributed by atoms with Crippen molar-refractivity contribution in [2.45, 2.75) is 77.0 Å². The number of nitrogens with zero attached hydrogens (tertiary/aromatic N) is 2. The van der Waals surface area contributed by atoms with Crippen LogP contribution in [0.3, 0.4) is 0 Å². The molecule has 4 rings (SSSR count). The topological polar surface area (TPSA) is 79.0 Å². The van der Waals surface area contributed by atoms with E-state index in [4.69, 9.17) is 4.74 Å². The molecule has 1 N–H and O–H groups in total. The second kappa shape index (κ2) is 8.13. The third-order valence-electron chi connectivity index (χ3n) is 6.21. The van der Waals surface area contributed by atoms with Crippen LogP contribution >= 0.6 is 0 Å². The van der Waals surface area contributed by atoms with Crippen molar-refractivity contribution in [3.8, 4) is 0 Å². The Morgan fingerprint density at radius 2 is 1.87 bits per heavy atom. The largest absolute Gasteiger partial charge is 0.444 e. The number of benzene rings is 1. The van der Waals surface area contributed by atoms with E-state index in [1.54, 1.807) is 4.90 Å². The fraction of sp³-hybridized carbons (Fsp3) is 0.609. The Balaban J connectivity index is 1.60. The van der Waals surface area contributed by atoms with Gasteiger partial charge in [-0.15, -0.1) is 0 Å². The summed E-state index contributed by atoms with van der Waals surface area (Å²) >= 11 is 0. The van der Waals surface area contributed by atoms with Crippen molar-refractivity contribution in [3.63, 3.8) is 0 Å². The van der Waals surface area contributed by atoms with E-state index in [9.17, 15) is 14.4 Å². The molecule has 0 aliphatic carbocycles. The number of carbonyl (C=O) groups excluding carboxylic acids is 3. The Labute approximate surface area is 181 Å². The maximum absolute atomic E-state index is 15.3. The maximum Gasteiger partial charge on any atom is 0.410 e. The average Bonchev–Trinajstić information content (AvgIpc) is 3.08. The summed E-state index contributed by atoms with van der Waals surface area (Å²) in [5.74, 6) is -0.961. The summed E-state index contributed by atoms with van der Waals surface area (Å²) in [4.78, 5) is 40.1. The van der Waals surface area contributed by atoms with Gasteiger partial charge in [0.1, 0.15) is 17.5 Å². The van der Waals surface area contributed by atoms with Crippen LogP contribution in [0, 0.1) is 5.82 Å². The van der Waals surface area contributed by atoms with Gasteiger partial charge < -0.3 is 14.5 Å². The summed E-state index contributed by atoms with van der Waals surface area (Å²) < 4.78 is 20.9. The molecule has 2 saturated heterocycles. The molecule has 7 nitrogen and oxygen atoms in total. The first-order valence-corrected chi connectivity index (χ1v) is 11.1. The van der Waals surface area contributed by atoms with E-state index in [1.165, 1.54) is 6.07 Å². The van der Waals surface area contributed by atoms with Gasteiger partial charge in [0.25, 0.3) is 0 Å². The minimum absolute atomic E-state index is 0.262. The number of hydrogen-bond acceptors (Lipinski definition) is 5. The van der Waals surface area contributed by atoms with Crippen LogP contribution in [0.5, 0.6) is 0 Å². The van der Waals surface area contributed by atoms with Gasteiger partial charge in [-0.2, -0.15) is 0 Å². The number of anilines is 1. The van der Waals surface area contributed by atoms with Crippen molar-refractivity contribution >= 4 is 23.6 Å².